The Bertz CT molecular complexity index is 468. The molecule has 0 aromatic heterocycles. The van der Waals surface area contributed by atoms with Crippen LogP contribution in [0.25, 0.3) is 0 Å². The molecular weight excluding hydrogens is 331 g/mol. The Hall–Kier alpha value is -0.310. The third-order valence-electron chi connectivity index (χ3n) is 4.52. The van der Waals surface area contributed by atoms with Crippen molar-refractivity contribution >= 4 is 22.6 Å². The molecule has 1 aliphatic carbocycles. The number of aryl methyl sites for hydroxylation is 1. The van der Waals surface area contributed by atoms with Crippen LogP contribution < -0.4 is 0 Å². The van der Waals surface area contributed by atoms with Gasteiger partial charge in [-0.2, -0.15) is 0 Å². The molecule has 98 valence electrons. The lowest BCUT2D eigenvalue weighted by Gasteiger charge is -2.27. The molecule has 3 atom stereocenters. The highest BCUT2D eigenvalue weighted by atomic mass is 127. The molecule has 0 spiro atoms. The number of hydrogen-bond acceptors (Lipinski definition) is 0. The maximum Gasteiger partial charge on any atom is 0.0261 e. The Morgan fingerprint density at radius 1 is 1.33 bits per heavy atom. The summed E-state index contributed by atoms with van der Waals surface area (Å²) in [7, 11) is 0. The maximum absolute atomic E-state index is 2.46. The molecule has 0 bridgehead atoms. The third-order valence-corrected chi connectivity index (χ3v) is 4.94. The van der Waals surface area contributed by atoms with E-state index in [4.69, 9.17) is 0 Å². The fourth-order valence-electron chi connectivity index (χ4n) is 3.03. The fraction of sp³-hybridized carbons (Fsp3) is 0.529. The van der Waals surface area contributed by atoms with Crippen LogP contribution in [0.3, 0.4) is 0 Å². The smallest absolute Gasteiger partial charge is 0.0261 e. The van der Waals surface area contributed by atoms with Gasteiger partial charge < -0.3 is 0 Å². The van der Waals surface area contributed by atoms with Gasteiger partial charge in [0.05, 0.1) is 0 Å². The van der Waals surface area contributed by atoms with Gasteiger partial charge in [-0.3, -0.25) is 0 Å². The van der Waals surface area contributed by atoms with Crippen LogP contribution >= 0.6 is 22.6 Å². The topological polar surface area (TPSA) is 0 Å². The summed E-state index contributed by atoms with van der Waals surface area (Å²) in [5, 5.41) is 0. The molecule has 0 radical (unpaired) electrons. The molecule has 0 saturated carbocycles. The van der Waals surface area contributed by atoms with E-state index in [-0.39, 0.29) is 5.41 Å². The average Bonchev–Trinajstić information content (AvgIpc) is 2.46. The van der Waals surface area contributed by atoms with Gasteiger partial charge in [0.1, 0.15) is 0 Å². The molecule has 0 nitrogen and oxygen atoms in total. The Balaban J connectivity index is 2.47. The van der Waals surface area contributed by atoms with Crippen molar-refractivity contribution in [2.45, 2.75) is 49.9 Å². The van der Waals surface area contributed by atoms with E-state index in [0.717, 1.165) is 0 Å². The second-order valence-corrected chi connectivity index (χ2v) is 8.15. The van der Waals surface area contributed by atoms with Gasteiger partial charge in [0.15, 0.2) is 0 Å². The quantitative estimate of drug-likeness (QED) is 0.380. The zero-order valence-corrected chi connectivity index (χ0v) is 14.2. The highest BCUT2D eigenvalue weighted by molar-refractivity contribution is 14.1. The first kappa shape index (κ1) is 14.1. The van der Waals surface area contributed by atoms with E-state index in [0.29, 0.717) is 15.8 Å². The van der Waals surface area contributed by atoms with Crippen LogP contribution in [0.5, 0.6) is 0 Å². The molecule has 0 heterocycles. The van der Waals surface area contributed by atoms with Crippen LogP contribution in [0, 0.1) is 12.8 Å². The highest BCUT2D eigenvalue weighted by Crippen LogP contribution is 2.51. The van der Waals surface area contributed by atoms with E-state index in [1.54, 1.807) is 5.56 Å². The molecule has 0 amide bonds. The molecule has 2 rings (SSSR count). The largest absolute Gasteiger partial charge is 0.0797 e. The minimum absolute atomic E-state index is 0.283. The van der Waals surface area contributed by atoms with Crippen molar-refractivity contribution in [2.75, 3.05) is 0 Å². The van der Waals surface area contributed by atoms with Gasteiger partial charge in [0.25, 0.3) is 0 Å². The first-order valence-electron chi connectivity index (χ1n) is 6.77. The van der Waals surface area contributed by atoms with Crippen LogP contribution in [0.2, 0.25) is 0 Å². The van der Waals surface area contributed by atoms with Gasteiger partial charge in [-0.25, -0.2) is 0 Å². The van der Waals surface area contributed by atoms with Crippen molar-refractivity contribution in [3.8, 4) is 0 Å². The maximum atomic E-state index is 2.46. The lowest BCUT2D eigenvalue weighted by Crippen LogP contribution is -2.22. The lowest BCUT2D eigenvalue weighted by molar-refractivity contribution is 0.356. The molecular formula is C17H23I. The first-order valence-corrected chi connectivity index (χ1v) is 8.02. The highest BCUT2D eigenvalue weighted by Gasteiger charge is 2.42. The molecule has 0 N–H and O–H groups in total. The summed E-state index contributed by atoms with van der Waals surface area (Å²) < 4.78 is 0.604. The molecule has 0 aliphatic heterocycles. The molecule has 0 fully saturated rings. The number of rotatable bonds is 2. The number of allylic oxidation sites excluding steroid dienone is 2. The average molecular weight is 354 g/mol. The summed E-state index contributed by atoms with van der Waals surface area (Å²) in [6, 6.07) is 6.97. The number of fused-ring (bicyclic) bond motifs is 1. The van der Waals surface area contributed by atoms with E-state index in [1.807, 2.05) is 0 Å². The van der Waals surface area contributed by atoms with Crippen LogP contribution in [-0.2, 0) is 5.41 Å². The monoisotopic (exact) mass is 354 g/mol. The van der Waals surface area contributed by atoms with Gasteiger partial charge in [-0.1, -0.05) is 79.3 Å². The molecule has 1 aromatic carbocycles. The number of halogens is 1. The number of alkyl halides is 1. The van der Waals surface area contributed by atoms with Crippen molar-refractivity contribution < 1.29 is 0 Å². The standard InChI is InChI=1S/C17H23I/c1-11-6-8-15-14(9-7-12(2)18)13(3)17(4,5)16(15)10-11/h6-10,12-14H,1-5H3/b9-7-. The molecule has 0 saturated heterocycles. The van der Waals surface area contributed by atoms with Crippen LogP contribution in [0.15, 0.2) is 30.4 Å². The Morgan fingerprint density at radius 2 is 2.00 bits per heavy atom. The summed E-state index contributed by atoms with van der Waals surface area (Å²) in [5.41, 5.74) is 4.74. The van der Waals surface area contributed by atoms with Crippen LogP contribution in [0.1, 0.15) is 50.3 Å². The predicted octanol–water partition coefficient (Wildman–Crippen LogP) is 5.39. The van der Waals surface area contributed by atoms with Crippen molar-refractivity contribution in [1.29, 1.82) is 0 Å². The van der Waals surface area contributed by atoms with Crippen molar-refractivity contribution in [1.82, 2.24) is 0 Å². The van der Waals surface area contributed by atoms with Crippen molar-refractivity contribution in [3.05, 3.63) is 47.0 Å². The first-order chi connectivity index (χ1) is 8.34. The molecule has 3 unspecified atom stereocenters. The van der Waals surface area contributed by atoms with Crippen molar-refractivity contribution in [2.24, 2.45) is 5.92 Å². The Kier molecular flexibility index (Phi) is 3.91. The van der Waals surface area contributed by atoms with Gasteiger partial charge in [-0.05, 0) is 36.3 Å². The van der Waals surface area contributed by atoms with E-state index in [2.05, 4.69) is 87.6 Å². The third kappa shape index (κ3) is 2.38. The Labute approximate surface area is 125 Å². The molecule has 18 heavy (non-hydrogen) atoms. The zero-order chi connectivity index (χ0) is 13.5. The van der Waals surface area contributed by atoms with Crippen LogP contribution in [-0.4, -0.2) is 3.92 Å². The number of hydrogen-bond donors (Lipinski definition) is 0. The summed E-state index contributed by atoms with van der Waals surface area (Å²) in [4.78, 5) is 0. The minimum atomic E-state index is 0.283. The van der Waals surface area contributed by atoms with Gasteiger partial charge in [0.2, 0.25) is 0 Å². The van der Waals surface area contributed by atoms with E-state index < -0.39 is 0 Å². The van der Waals surface area contributed by atoms with Crippen LogP contribution in [0.4, 0.5) is 0 Å². The second-order valence-electron chi connectivity index (χ2n) is 6.19. The van der Waals surface area contributed by atoms with Gasteiger partial charge >= 0.3 is 0 Å². The molecule has 1 heteroatoms. The van der Waals surface area contributed by atoms with E-state index in [9.17, 15) is 0 Å². The second kappa shape index (κ2) is 4.99. The SMILES string of the molecule is Cc1ccc2c(c1)C(C)(C)C(C)C2/C=C\C(C)I. The Morgan fingerprint density at radius 3 is 2.61 bits per heavy atom. The molecule has 1 aromatic rings. The van der Waals surface area contributed by atoms with E-state index >= 15 is 0 Å². The summed E-state index contributed by atoms with van der Waals surface area (Å²) in [5.74, 6) is 1.24. The summed E-state index contributed by atoms with van der Waals surface area (Å²) in [6.07, 6.45) is 4.76. The zero-order valence-electron chi connectivity index (χ0n) is 12.0. The lowest BCUT2D eigenvalue weighted by atomic mass is 9.77. The predicted molar refractivity (Wildman–Crippen MR) is 88.7 cm³/mol. The summed E-state index contributed by atoms with van der Waals surface area (Å²) >= 11 is 2.46. The molecule has 1 aliphatic rings. The summed E-state index contributed by atoms with van der Waals surface area (Å²) in [6.45, 7) is 11.6. The van der Waals surface area contributed by atoms with E-state index in [1.165, 1.54) is 11.1 Å². The minimum Gasteiger partial charge on any atom is -0.0797 e. The van der Waals surface area contributed by atoms with Gasteiger partial charge in [0, 0.05) is 9.84 Å². The van der Waals surface area contributed by atoms with Gasteiger partial charge in [-0.15, -0.1) is 0 Å². The normalized spacial score (nSPS) is 27.4. The fourth-order valence-corrected chi connectivity index (χ4v) is 3.27. The number of benzene rings is 1. The van der Waals surface area contributed by atoms with Crippen molar-refractivity contribution in [3.63, 3.8) is 0 Å².